The number of hydrogen-bond acceptors (Lipinski definition) is 4. The first-order valence-electron chi connectivity index (χ1n) is 6.29. The van der Waals surface area contributed by atoms with Crippen molar-refractivity contribution in [1.82, 2.24) is 14.5 Å². The molecule has 0 spiro atoms. The molecule has 0 aliphatic carbocycles. The van der Waals surface area contributed by atoms with Crippen molar-refractivity contribution in [2.75, 3.05) is 19.4 Å². The van der Waals surface area contributed by atoms with Crippen LogP contribution < -0.4 is 16.3 Å². The van der Waals surface area contributed by atoms with E-state index in [4.69, 9.17) is 7.85 Å². The summed E-state index contributed by atoms with van der Waals surface area (Å²) >= 11 is 0. The van der Waals surface area contributed by atoms with Gasteiger partial charge in [0.2, 0.25) is 0 Å². The van der Waals surface area contributed by atoms with Crippen LogP contribution in [0.2, 0.25) is 0 Å². The minimum Gasteiger partial charge on any atom is -0.345 e. The molecule has 0 aromatic carbocycles. The molecule has 2 rings (SSSR count). The molecule has 7 heteroatoms. The van der Waals surface area contributed by atoms with Crippen LogP contribution in [0, 0.1) is 0 Å². The Morgan fingerprint density at radius 1 is 1.38 bits per heavy atom. The third-order valence-electron chi connectivity index (χ3n) is 2.88. The summed E-state index contributed by atoms with van der Waals surface area (Å²) in [5.41, 5.74) is 1.07. The van der Waals surface area contributed by atoms with E-state index >= 15 is 0 Å². The molecule has 1 N–H and O–H groups in total. The van der Waals surface area contributed by atoms with Crippen molar-refractivity contribution >= 4 is 30.7 Å². The molecule has 0 bridgehead atoms. The third-order valence-corrected chi connectivity index (χ3v) is 2.88. The zero-order valence-electron chi connectivity index (χ0n) is 12.1. The minimum absolute atomic E-state index is 0.131. The van der Waals surface area contributed by atoms with E-state index in [1.54, 1.807) is 45.5 Å². The van der Waals surface area contributed by atoms with E-state index in [0.717, 1.165) is 0 Å². The van der Waals surface area contributed by atoms with E-state index < -0.39 is 0 Å². The number of aromatic nitrogens is 2. The quantitative estimate of drug-likeness (QED) is 0.806. The average molecular weight is 282 g/mol. The SMILES string of the molecule is [B]c1cc(Nc2ccc(C(=O)N(C)C)cn2)c(=O)n(C)c1. The van der Waals surface area contributed by atoms with Crippen LogP contribution in [0.5, 0.6) is 0 Å². The molecule has 1 amide bonds. The van der Waals surface area contributed by atoms with E-state index in [-0.39, 0.29) is 11.5 Å². The van der Waals surface area contributed by atoms with Gasteiger partial charge < -0.3 is 14.8 Å². The Morgan fingerprint density at radius 3 is 2.67 bits per heavy atom. The zero-order valence-corrected chi connectivity index (χ0v) is 12.1. The number of rotatable bonds is 3. The highest BCUT2D eigenvalue weighted by Crippen LogP contribution is 2.11. The van der Waals surface area contributed by atoms with Crippen molar-refractivity contribution in [2.24, 2.45) is 7.05 Å². The lowest BCUT2D eigenvalue weighted by Crippen LogP contribution is -2.24. The normalized spacial score (nSPS) is 10.2. The predicted molar refractivity (Wildman–Crippen MR) is 82.6 cm³/mol. The van der Waals surface area contributed by atoms with Gasteiger partial charge in [0, 0.05) is 27.3 Å². The number of hydrogen-bond donors (Lipinski definition) is 1. The largest absolute Gasteiger partial charge is 0.345 e. The number of amides is 1. The summed E-state index contributed by atoms with van der Waals surface area (Å²) < 4.78 is 1.39. The van der Waals surface area contributed by atoms with E-state index in [1.165, 1.54) is 15.7 Å². The second kappa shape index (κ2) is 5.82. The fraction of sp³-hybridized carbons (Fsp3) is 0.214. The molecule has 6 nitrogen and oxygen atoms in total. The van der Waals surface area contributed by atoms with Crippen LogP contribution in [0.15, 0.2) is 35.4 Å². The van der Waals surface area contributed by atoms with Gasteiger partial charge in [0.1, 0.15) is 19.4 Å². The smallest absolute Gasteiger partial charge is 0.273 e. The van der Waals surface area contributed by atoms with Crippen molar-refractivity contribution in [1.29, 1.82) is 0 Å². The van der Waals surface area contributed by atoms with Gasteiger partial charge in [-0.25, -0.2) is 4.98 Å². The molecular weight excluding hydrogens is 267 g/mol. The lowest BCUT2D eigenvalue weighted by Gasteiger charge is -2.11. The standard InChI is InChI=1S/C14H15BN4O2/c1-18(2)13(20)9-4-5-12(16-7-9)17-11-6-10(15)8-19(3)14(11)21/h4-8H,1-3H3,(H,16,17). The molecular formula is C14H15BN4O2. The first-order chi connectivity index (χ1) is 9.88. The summed E-state index contributed by atoms with van der Waals surface area (Å²) in [4.78, 5) is 29.3. The molecule has 2 heterocycles. The van der Waals surface area contributed by atoms with Gasteiger partial charge in [-0.3, -0.25) is 9.59 Å². The van der Waals surface area contributed by atoms with Crippen LogP contribution in [-0.4, -0.2) is 42.3 Å². The minimum atomic E-state index is -0.209. The highest BCUT2D eigenvalue weighted by atomic mass is 16.2. The van der Waals surface area contributed by atoms with Crippen LogP contribution in [0.25, 0.3) is 0 Å². The lowest BCUT2D eigenvalue weighted by molar-refractivity contribution is 0.0827. The van der Waals surface area contributed by atoms with Gasteiger partial charge in [0.25, 0.3) is 11.5 Å². The van der Waals surface area contributed by atoms with E-state index in [2.05, 4.69) is 10.3 Å². The summed E-state index contributed by atoms with van der Waals surface area (Å²) in [6.45, 7) is 0. The molecule has 0 aliphatic rings. The van der Waals surface area contributed by atoms with Crippen molar-refractivity contribution in [3.05, 3.63) is 46.5 Å². The Kier molecular flexibility index (Phi) is 4.11. The van der Waals surface area contributed by atoms with Crippen molar-refractivity contribution < 1.29 is 4.79 Å². The summed E-state index contributed by atoms with van der Waals surface area (Å²) in [6.07, 6.45) is 3.00. The number of nitrogens with zero attached hydrogens (tertiary/aromatic N) is 3. The lowest BCUT2D eigenvalue weighted by atomic mass is 9.98. The molecule has 0 unspecified atom stereocenters. The number of carbonyl (C=O) groups is 1. The van der Waals surface area contributed by atoms with E-state index in [9.17, 15) is 9.59 Å². The average Bonchev–Trinajstić information content (AvgIpc) is 2.44. The molecule has 2 aromatic heterocycles. The number of pyridine rings is 2. The Balaban J connectivity index is 2.25. The molecule has 2 aromatic rings. The van der Waals surface area contributed by atoms with Crippen LogP contribution in [0.4, 0.5) is 11.5 Å². The van der Waals surface area contributed by atoms with Crippen molar-refractivity contribution in [3.63, 3.8) is 0 Å². The summed E-state index contributed by atoms with van der Waals surface area (Å²) in [7, 11) is 10.7. The van der Waals surface area contributed by atoms with Crippen LogP contribution in [-0.2, 0) is 7.05 Å². The van der Waals surface area contributed by atoms with Gasteiger partial charge in [-0.05, 0) is 24.4 Å². The van der Waals surface area contributed by atoms with Gasteiger partial charge in [-0.1, -0.05) is 5.46 Å². The zero-order chi connectivity index (χ0) is 15.6. The fourth-order valence-corrected chi connectivity index (χ4v) is 1.82. The molecule has 0 saturated carbocycles. The highest BCUT2D eigenvalue weighted by Gasteiger charge is 2.09. The van der Waals surface area contributed by atoms with Crippen molar-refractivity contribution in [2.45, 2.75) is 0 Å². The highest BCUT2D eigenvalue weighted by molar-refractivity contribution is 6.32. The van der Waals surface area contributed by atoms with Crippen LogP contribution in [0.1, 0.15) is 10.4 Å². The van der Waals surface area contributed by atoms with Gasteiger partial charge in [0.05, 0.1) is 5.56 Å². The second-order valence-corrected chi connectivity index (χ2v) is 4.86. The molecule has 0 atom stereocenters. The molecule has 0 saturated heterocycles. The van der Waals surface area contributed by atoms with E-state index in [0.29, 0.717) is 22.5 Å². The van der Waals surface area contributed by atoms with Crippen LogP contribution in [0.3, 0.4) is 0 Å². The van der Waals surface area contributed by atoms with Gasteiger partial charge in [0.15, 0.2) is 0 Å². The monoisotopic (exact) mass is 282 g/mol. The molecule has 0 fully saturated rings. The summed E-state index contributed by atoms with van der Waals surface area (Å²) in [5, 5.41) is 2.90. The summed E-state index contributed by atoms with van der Waals surface area (Å²) in [5.74, 6) is 0.335. The maximum atomic E-state index is 11.9. The van der Waals surface area contributed by atoms with Gasteiger partial charge >= 0.3 is 0 Å². The molecule has 21 heavy (non-hydrogen) atoms. The predicted octanol–water partition coefficient (Wildman–Crippen LogP) is 0.0195. The number of nitrogens with one attached hydrogen (secondary N) is 1. The molecule has 106 valence electrons. The topological polar surface area (TPSA) is 67.2 Å². The Labute approximate surface area is 123 Å². The second-order valence-electron chi connectivity index (χ2n) is 4.86. The van der Waals surface area contributed by atoms with Crippen molar-refractivity contribution in [3.8, 4) is 0 Å². The fourth-order valence-electron chi connectivity index (χ4n) is 1.82. The van der Waals surface area contributed by atoms with Gasteiger partial charge in [-0.2, -0.15) is 0 Å². The Bertz CT molecular complexity index is 723. The maximum absolute atomic E-state index is 11.9. The maximum Gasteiger partial charge on any atom is 0.273 e. The Hall–Kier alpha value is -2.57. The number of carbonyl (C=O) groups excluding carboxylic acids is 1. The van der Waals surface area contributed by atoms with Crippen LogP contribution >= 0.6 is 0 Å². The number of aryl methyl sites for hydroxylation is 1. The molecule has 0 aliphatic heterocycles. The summed E-state index contributed by atoms with van der Waals surface area (Å²) in [6, 6.07) is 4.83. The first-order valence-corrected chi connectivity index (χ1v) is 6.29. The Morgan fingerprint density at radius 2 is 2.10 bits per heavy atom. The van der Waals surface area contributed by atoms with Gasteiger partial charge in [-0.15, -0.1) is 0 Å². The van der Waals surface area contributed by atoms with E-state index in [1.807, 2.05) is 0 Å². The first kappa shape index (κ1) is 14.8. The number of anilines is 2. The third kappa shape index (κ3) is 3.31. The molecule has 2 radical (unpaired) electrons.